The molecule has 2 unspecified atom stereocenters. The van der Waals surface area contributed by atoms with Crippen LogP contribution in [-0.2, 0) is 11.2 Å². The van der Waals surface area contributed by atoms with Crippen LogP contribution in [0.2, 0.25) is 0 Å². The molecular weight excluding hydrogens is 314 g/mol. The molecule has 0 fully saturated rings. The number of likely N-dealkylation sites (N-methyl/N-ethyl adjacent to an activating group) is 1. The Balaban J connectivity index is 2.94. The Hall–Kier alpha value is -0.380. The summed E-state index contributed by atoms with van der Waals surface area (Å²) in [5, 5.41) is 3.60. The largest absolute Gasteiger partial charge is 0.376 e. The molecule has 0 aromatic heterocycles. The van der Waals surface area contributed by atoms with Crippen LogP contribution in [0.3, 0.4) is 0 Å². The SMILES string of the molecule is CCNC(Cc1ccccc1Br)C(OCC)C(C)(C)C. The highest BCUT2D eigenvalue weighted by Crippen LogP contribution is 2.28. The first-order chi connectivity index (χ1) is 9.40. The van der Waals surface area contributed by atoms with E-state index in [0.717, 1.165) is 19.6 Å². The molecule has 114 valence electrons. The van der Waals surface area contributed by atoms with Crippen molar-refractivity contribution >= 4 is 15.9 Å². The minimum absolute atomic E-state index is 0.115. The molecule has 20 heavy (non-hydrogen) atoms. The molecular formula is C17H28BrNO. The second-order valence-electron chi connectivity index (χ2n) is 6.20. The van der Waals surface area contributed by atoms with E-state index in [1.165, 1.54) is 10.0 Å². The molecule has 0 bridgehead atoms. The molecule has 0 saturated heterocycles. The summed E-state index contributed by atoms with van der Waals surface area (Å²) >= 11 is 3.65. The van der Waals surface area contributed by atoms with Crippen molar-refractivity contribution in [3.05, 3.63) is 34.3 Å². The molecule has 0 spiro atoms. The van der Waals surface area contributed by atoms with E-state index in [1.807, 2.05) is 0 Å². The van der Waals surface area contributed by atoms with Gasteiger partial charge in [0.25, 0.3) is 0 Å². The lowest BCUT2D eigenvalue weighted by Gasteiger charge is -2.37. The summed E-state index contributed by atoms with van der Waals surface area (Å²) in [4.78, 5) is 0. The predicted octanol–water partition coefficient (Wildman–Crippen LogP) is 4.42. The van der Waals surface area contributed by atoms with E-state index in [9.17, 15) is 0 Å². The van der Waals surface area contributed by atoms with E-state index in [4.69, 9.17) is 4.74 Å². The van der Waals surface area contributed by atoms with Crippen LogP contribution in [0.15, 0.2) is 28.7 Å². The average molecular weight is 342 g/mol. The van der Waals surface area contributed by atoms with Gasteiger partial charge in [-0.05, 0) is 36.9 Å². The topological polar surface area (TPSA) is 21.3 Å². The Kier molecular flexibility index (Phi) is 7.21. The third-order valence-corrected chi connectivity index (χ3v) is 4.20. The third kappa shape index (κ3) is 5.19. The Bertz CT molecular complexity index is 400. The average Bonchev–Trinajstić information content (AvgIpc) is 2.37. The molecule has 0 aliphatic heterocycles. The lowest BCUT2D eigenvalue weighted by molar-refractivity contribution is -0.0352. The van der Waals surface area contributed by atoms with Gasteiger partial charge in [-0.3, -0.25) is 0 Å². The van der Waals surface area contributed by atoms with Crippen molar-refractivity contribution in [3.8, 4) is 0 Å². The molecule has 1 N–H and O–H groups in total. The first-order valence-electron chi connectivity index (χ1n) is 7.48. The second-order valence-corrected chi connectivity index (χ2v) is 7.06. The third-order valence-electron chi connectivity index (χ3n) is 3.43. The zero-order valence-electron chi connectivity index (χ0n) is 13.4. The van der Waals surface area contributed by atoms with E-state index < -0.39 is 0 Å². The van der Waals surface area contributed by atoms with Crippen LogP contribution >= 0.6 is 15.9 Å². The Labute approximate surface area is 132 Å². The zero-order valence-corrected chi connectivity index (χ0v) is 15.0. The molecule has 0 aliphatic rings. The first kappa shape index (κ1) is 17.7. The Morgan fingerprint density at radius 3 is 2.35 bits per heavy atom. The second kappa shape index (κ2) is 8.16. The highest BCUT2D eigenvalue weighted by Gasteiger charge is 2.32. The maximum Gasteiger partial charge on any atom is 0.0779 e. The highest BCUT2D eigenvalue weighted by molar-refractivity contribution is 9.10. The van der Waals surface area contributed by atoms with E-state index in [-0.39, 0.29) is 11.5 Å². The molecule has 1 rings (SSSR count). The maximum atomic E-state index is 6.06. The quantitative estimate of drug-likeness (QED) is 0.792. The molecule has 1 aromatic rings. The van der Waals surface area contributed by atoms with Crippen molar-refractivity contribution in [3.63, 3.8) is 0 Å². The van der Waals surface area contributed by atoms with Crippen LogP contribution < -0.4 is 5.32 Å². The number of benzene rings is 1. The maximum absolute atomic E-state index is 6.06. The van der Waals surface area contributed by atoms with E-state index in [2.05, 4.69) is 80.1 Å². The van der Waals surface area contributed by atoms with E-state index >= 15 is 0 Å². The van der Waals surface area contributed by atoms with Gasteiger partial charge in [-0.25, -0.2) is 0 Å². The Morgan fingerprint density at radius 1 is 1.20 bits per heavy atom. The van der Waals surface area contributed by atoms with E-state index in [1.54, 1.807) is 0 Å². The Morgan fingerprint density at radius 2 is 1.85 bits per heavy atom. The molecule has 2 nitrogen and oxygen atoms in total. The highest BCUT2D eigenvalue weighted by atomic mass is 79.9. The van der Waals surface area contributed by atoms with Crippen molar-refractivity contribution in [1.29, 1.82) is 0 Å². The number of halogens is 1. The minimum Gasteiger partial charge on any atom is -0.376 e. The van der Waals surface area contributed by atoms with Gasteiger partial charge in [-0.2, -0.15) is 0 Å². The van der Waals surface area contributed by atoms with Crippen LogP contribution in [0.5, 0.6) is 0 Å². The number of nitrogens with one attached hydrogen (secondary N) is 1. The standard InChI is InChI=1S/C17H28BrNO/c1-6-19-15(16(20-7-2)17(3,4)5)12-13-10-8-9-11-14(13)18/h8-11,15-16,19H,6-7,12H2,1-5H3. The van der Waals surface area contributed by atoms with Crippen molar-refractivity contribution in [2.24, 2.45) is 5.41 Å². The van der Waals surface area contributed by atoms with Crippen molar-refractivity contribution in [2.75, 3.05) is 13.2 Å². The molecule has 1 aromatic carbocycles. The lowest BCUT2D eigenvalue weighted by Crippen LogP contribution is -2.49. The van der Waals surface area contributed by atoms with Gasteiger partial charge in [-0.15, -0.1) is 0 Å². The van der Waals surface area contributed by atoms with Gasteiger partial charge < -0.3 is 10.1 Å². The molecule has 2 atom stereocenters. The molecule has 0 heterocycles. The predicted molar refractivity (Wildman–Crippen MR) is 90.2 cm³/mol. The summed E-state index contributed by atoms with van der Waals surface area (Å²) in [5.74, 6) is 0. The summed E-state index contributed by atoms with van der Waals surface area (Å²) in [7, 11) is 0. The molecule has 0 aliphatic carbocycles. The van der Waals surface area contributed by atoms with Crippen molar-refractivity contribution < 1.29 is 4.74 Å². The molecule has 0 saturated carbocycles. The molecule has 0 amide bonds. The fourth-order valence-corrected chi connectivity index (χ4v) is 3.05. The van der Waals surface area contributed by atoms with Gasteiger partial charge in [-0.1, -0.05) is 61.8 Å². The van der Waals surface area contributed by atoms with Crippen LogP contribution in [0.4, 0.5) is 0 Å². The first-order valence-corrected chi connectivity index (χ1v) is 8.27. The summed E-state index contributed by atoms with van der Waals surface area (Å²) in [5.41, 5.74) is 1.44. The van der Waals surface area contributed by atoms with Gasteiger partial charge in [0.05, 0.1) is 6.10 Å². The fourth-order valence-electron chi connectivity index (χ4n) is 2.60. The summed E-state index contributed by atoms with van der Waals surface area (Å²) in [6.45, 7) is 12.7. The fraction of sp³-hybridized carbons (Fsp3) is 0.647. The van der Waals surface area contributed by atoms with Crippen LogP contribution in [-0.4, -0.2) is 25.3 Å². The van der Waals surface area contributed by atoms with Crippen LogP contribution in [0.1, 0.15) is 40.2 Å². The summed E-state index contributed by atoms with van der Waals surface area (Å²) in [6, 6.07) is 8.75. The van der Waals surface area contributed by atoms with Gasteiger partial charge in [0, 0.05) is 17.1 Å². The van der Waals surface area contributed by atoms with Gasteiger partial charge in [0.2, 0.25) is 0 Å². The number of hydrogen-bond donors (Lipinski definition) is 1. The smallest absolute Gasteiger partial charge is 0.0779 e. The normalized spacial score (nSPS) is 15.1. The number of ether oxygens (including phenoxy) is 1. The van der Waals surface area contributed by atoms with Crippen LogP contribution in [0, 0.1) is 5.41 Å². The van der Waals surface area contributed by atoms with Gasteiger partial charge in [0.15, 0.2) is 0 Å². The van der Waals surface area contributed by atoms with Crippen LogP contribution in [0.25, 0.3) is 0 Å². The monoisotopic (exact) mass is 341 g/mol. The minimum atomic E-state index is 0.115. The lowest BCUT2D eigenvalue weighted by atomic mass is 9.82. The molecule has 0 radical (unpaired) electrons. The summed E-state index contributed by atoms with van der Waals surface area (Å²) in [6.07, 6.45) is 1.16. The van der Waals surface area contributed by atoms with Crippen molar-refractivity contribution in [2.45, 2.75) is 53.2 Å². The van der Waals surface area contributed by atoms with E-state index in [0.29, 0.717) is 6.04 Å². The zero-order chi connectivity index (χ0) is 15.2. The molecule has 3 heteroatoms. The number of rotatable bonds is 7. The van der Waals surface area contributed by atoms with Gasteiger partial charge >= 0.3 is 0 Å². The summed E-state index contributed by atoms with van der Waals surface area (Å²) < 4.78 is 7.23. The number of hydrogen-bond acceptors (Lipinski definition) is 2. The van der Waals surface area contributed by atoms with Gasteiger partial charge in [0.1, 0.15) is 0 Å². The van der Waals surface area contributed by atoms with Crippen molar-refractivity contribution in [1.82, 2.24) is 5.32 Å².